The Labute approximate surface area is 614 Å². The highest BCUT2D eigenvalue weighted by atomic mass is 32.2. The Hall–Kier alpha value is -4.36. The first-order valence-corrected chi connectivity index (χ1v) is 41.5. The van der Waals surface area contributed by atoms with Crippen molar-refractivity contribution in [2.45, 2.75) is 149 Å². The van der Waals surface area contributed by atoms with Crippen LogP contribution in [0.15, 0.2) is 79.5 Å². The minimum atomic E-state index is -4.34. The molecule has 31 heteroatoms. The second-order valence-electron chi connectivity index (χ2n) is 28.1. The van der Waals surface area contributed by atoms with E-state index in [2.05, 4.69) is 46.9 Å². The molecule has 0 aliphatic carbocycles. The monoisotopic (exact) mass is 1530 g/mol. The van der Waals surface area contributed by atoms with Crippen LogP contribution in [0.2, 0.25) is 0 Å². The number of unbranched alkanes of at least 4 members (excludes halogenated alkanes) is 14. The number of phosphoric acid groups is 2. The molecule has 594 valence electrons. The lowest BCUT2D eigenvalue weighted by Gasteiger charge is -2.31. The third kappa shape index (κ3) is 73.9. The van der Waals surface area contributed by atoms with Crippen molar-refractivity contribution in [3.05, 3.63) is 90.6 Å². The van der Waals surface area contributed by atoms with Gasteiger partial charge in [0, 0.05) is 61.8 Å². The Morgan fingerprint density at radius 1 is 0.510 bits per heavy atom. The van der Waals surface area contributed by atoms with E-state index < -0.39 is 59.5 Å². The maximum Gasteiger partial charge on any atom is 0.333 e. The zero-order valence-electron chi connectivity index (χ0n) is 64.4. The second kappa shape index (κ2) is 57.8. The van der Waals surface area contributed by atoms with Crippen LogP contribution >= 0.6 is 15.6 Å². The number of phosphoric ester groups is 2. The lowest BCUT2D eigenvalue weighted by Crippen LogP contribution is -2.46. The molecule has 1 rings (SSSR count). The van der Waals surface area contributed by atoms with Gasteiger partial charge in [-0.1, -0.05) is 153 Å². The minimum absolute atomic E-state index is 0.0375. The summed E-state index contributed by atoms with van der Waals surface area (Å²) < 4.78 is 128. The van der Waals surface area contributed by atoms with E-state index in [0.29, 0.717) is 96.4 Å². The zero-order chi connectivity index (χ0) is 78.2. The van der Waals surface area contributed by atoms with E-state index >= 15 is 0 Å². The highest BCUT2D eigenvalue weighted by Crippen LogP contribution is 2.39. The maximum atomic E-state index is 12.1. The number of likely N-dealkylation sites (N-methyl/N-ethyl adjacent to an activating group) is 5. The molecule has 0 radical (unpaired) electrons. The van der Waals surface area contributed by atoms with Crippen LogP contribution in [0, 0.1) is 0 Å². The number of amides is 1. The van der Waals surface area contributed by atoms with Crippen molar-refractivity contribution < 1.29 is 119 Å². The molecule has 0 fully saturated rings. The molecule has 1 aromatic rings. The number of hydrogen-bond donors (Lipinski definition) is 0. The van der Waals surface area contributed by atoms with E-state index in [9.17, 15) is 64.0 Å². The van der Waals surface area contributed by atoms with E-state index in [1.54, 1.807) is 30.2 Å². The van der Waals surface area contributed by atoms with Crippen LogP contribution in [0.3, 0.4) is 0 Å². The summed E-state index contributed by atoms with van der Waals surface area (Å²) in [5.74, 6) is -2.58. The Morgan fingerprint density at radius 2 is 0.941 bits per heavy atom. The Kier molecular flexibility index (Phi) is 57.7. The summed E-state index contributed by atoms with van der Waals surface area (Å²) in [7, 11) is 4.14. The molecule has 0 spiro atoms. The van der Waals surface area contributed by atoms with Gasteiger partial charge in [0.1, 0.15) is 46.1 Å². The van der Waals surface area contributed by atoms with Crippen molar-refractivity contribution in [3.63, 3.8) is 0 Å². The van der Waals surface area contributed by atoms with Gasteiger partial charge in [-0.3, -0.25) is 13.9 Å². The van der Waals surface area contributed by atoms with Gasteiger partial charge >= 0.3 is 17.9 Å². The van der Waals surface area contributed by atoms with Gasteiger partial charge in [-0.05, 0) is 50.2 Å². The first kappa shape index (κ1) is 102. The molecule has 0 aliphatic heterocycles. The van der Waals surface area contributed by atoms with E-state index in [-0.39, 0.29) is 63.3 Å². The van der Waals surface area contributed by atoms with Gasteiger partial charge in [-0.25, -0.2) is 31.2 Å². The van der Waals surface area contributed by atoms with Gasteiger partial charge in [-0.15, -0.1) is 0 Å². The number of esters is 3. The number of allylic oxidation sites excluding steroid dienone is 3. The largest absolute Gasteiger partial charge is 0.756 e. The van der Waals surface area contributed by atoms with Crippen LogP contribution < -0.4 is 9.79 Å². The van der Waals surface area contributed by atoms with Crippen LogP contribution in [-0.2, 0) is 92.2 Å². The van der Waals surface area contributed by atoms with Gasteiger partial charge in [0.2, 0.25) is 5.91 Å². The van der Waals surface area contributed by atoms with E-state index in [1.807, 2.05) is 101 Å². The quantitative estimate of drug-likeness (QED) is 0.00856. The Bertz CT molecular complexity index is 2880. The smallest absolute Gasteiger partial charge is 0.333 e. The van der Waals surface area contributed by atoms with E-state index in [1.165, 1.54) is 77.6 Å². The molecule has 0 N–H and O–H groups in total. The summed E-state index contributed by atoms with van der Waals surface area (Å²) in [5.41, 5.74) is 2.41. The summed E-state index contributed by atoms with van der Waals surface area (Å²) in [6.07, 6.45) is 31.3. The topological polar surface area (TPSA) is 340 Å². The average Bonchev–Trinajstić information content (AvgIpc) is 0.931. The van der Waals surface area contributed by atoms with Gasteiger partial charge in [0.05, 0.1) is 143 Å². The maximum absolute atomic E-state index is 12.1. The van der Waals surface area contributed by atoms with Crippen molar-refractivity contribution in [2.24, 2.45) is 0 Å². The van der Waals surface area contributed by atoms with E-state index in [0.717, 1.165) is 55.4 Å². The lowest BCUT2D eigenvalue weighted by atomic mass is 10.1. The molecule has 0 aliphatic rings. The molecule has 1 amide bonds. The van der Waals surface area contributed by atoms with Crippen molar-refractivity contribution in [2.75, 3.05) is 188 Å². The van der Waals surface area contributed by atoms with E-state index in [4.69, 9.17) is 23.3 Å². The molecule has 0 bridgehead atoms. The molecule has 0 saturated heterocycles. The van der Waals surface area contributed by atoms with Crippen LogP contribution in [0.5, 0.6) is 0 Å². The highest BCUT2D eigenvalue weighted by molar-refractivity contribution is 7.85. The lowest BCUT2D eigenvalue weighted by molar-refractivity contribution is -0.890. The number of quaternary nitrogens is 4. The predicted octanol–water partition coefficient (Wildman–Crippen LogP) is 9.25. The van der Waals surface area contributed by atoms with Crippen molar-refractivity contribution in [1.29, 1.82) is 0 Å². The average molecular weight is 1530 g/mol. The van der Waals surface area contributed by atoms with Gasteiger partial charge < -0.3 is 78.8 Å². The zero-order valence-corrected chi connectivity index (χ0v) is 67.8. The van der Waals surface area contributed by atoms with Gasteiger partial charge in [0.25, 0.3) is 15.6 Å². The third-order valence-corrected chi connectivity index (χ3v) is 18.4. The van der Waals surface area contributed by atoms with Crippen LogP contribution in [0.1, 0.15) is 154 Å². The molecule has 1 aromatic carbocycles. The van der Waals surface area contributed by atoms with Crippen molar-refractivity contribution in [3.8, 4) is 0 Å². The fourth-order valence-electron chi connectivity index (χ4n) is 8.37. The van der Waals surface area contributed by atoms with Crippen molar-refractivity contribution >= 4 is 65.8 Å². The molecule has 2 atom stereocenters. The predicted molar refractivity (Wildman–Crippen MR) is 396 cm³/mol. The number of benzene rings is 1. The van der Waals surface area contributed by atoms with Crippen LogP contribution in [-0.4, -0.2) is 260 Å². The van der Waals surface area contributed by atoms with Gasteiger partial charge in [-0.2, -0.15) is 0 Å². The standard InChI is InChI=1S/C22H42N2O4S.C20H37NO7S.C18H30NO5P.C11H22NO6P/c1-5-6-7-8-9-10-11-12-13-14-15-17-22(25)23(2)18-20-24(3,4)19-16-21-29(26,27)28;1-4-5-6-7-8-9-10-16-27-19(22)12-13-20(23)28-17-15-21(2,3)14-11-18-29(24,25)26;1-5-17-8-10-18(11-9-17)16-22-13-6-7-14-23-25(20,21)24-15-12-19(2,3)4;1-10(2)11(13)16-8-9-18-19(14,15)17-7-6-12(3,4)5/h13-15,17H,5-12,16,18-21H2,1-4H3;12-13H,4-11,14-18H2,1-3H3;5,8-11H,1,6-7,12-16H2,2-4H3;1,6-9H2,2-5H3/b;13-12-;;. The minimum Gasteiger partial charge on any atom is -0.756 e. The number of nitrogens with zero attached hydrogens (tertiary/aromatic N) is 5. The summed E-state index contributed by atoms with van der Waals surface area (Å²) in [6, 6.07) is 7.98. The fraction of sp³-hybridized carbons (Fsp3) is 0.718. The molecule has 102 heavy (non-hydrogen) atoms. The summed E-state index contributed by atoms with van der Waals surface area (Å²) in [4.78, 5) is 70.9. The highest BCUT2D eigenvalue weighted by Gasteiger charge is 2.20. The third-order valence-electron chi connectivity index (χ3n) is 14.8. The molecule has 2 unspecified atom stereocenters. The fourth-order valence-corrected chi connectivity index (χ4v) is 10.7. The second-order valence-corrected chi connectivity index (χ2v) is 34.0. The van der Waals surface area contributed by atoms with Crippen LogP contribution in [0.25, 0.3) is 6.08 Å². The first-order chi connectivity index (χ1) is 47.4. The van der Waals surface area contributed by atoms with Crippen LogP contribution in [0.4, 0.5) is 0 Å². The first-order valence-electron chi connectivity index (χ1n) is 35.4. The SMILES string of the molecule is C=C(C)C(=O)OCCOP(=O)([O-])OCC[N+](C)(C)C.C=Cc1ccc(COCCCCOP(=O)([O-])OCC[N+](C)(C)C)cc1.CCCCCCCCCC=CC=CC(=O)N(C)CC[N+](C)(C)CCCS(=O)(=O)[O-].CCCCCCCCCOC(=O)/C=C\C(=O)OCC[N+](C)(C)CCCS(=O)(=O)[O-]. The summed E-state index contributed by atoms with van der Waals surface area (Å²) >= 11 is 0. The normalized spacial score (nSPS) is 13.4. The summed E-state index contributed by atoms with van der Waals surface area (Å²) in [5, 5.41) is 0. The number of carbonyl (C=O) groups is 4. The molecular formula is C71H131N5O22P2S2. The molecule has 27 nitrogen and oxygen atoms in total. The molecular weight excluding hydrogens is 1400 g/mol. The van der Waals surface area contributed by atoms with Crippen molar-refractivity contribution in [1.82, 2.24) is 4.90 Å². The Morgan fingerprint density at radius 3 is 1.41 bits per heavy atom. The van der Waals surface area contributed by atoms with Gasteiger partial charge in [0.15, 0.2) is 0 Å². The number of ether oxygens (including phenoxy) is 4. The summed E-state index contributed by atoms with van der Waals surface area (Å²) in [6.45, 7) is 18.3. The molecule has 0 heterocycles. The number of rotatable bonds is 56. The Balaban J connectivity index is -0.00000130. The molecule has 0 saturated carbocycles. The molecule has 0 aromatic heterocycles. The number of carbonyl (C=O) groups excluding carboxylic acids is 4. The number of hydrogen-bond acceptors (Lipinski definition) is 22.